The summed E-state index contributed by atoms with van der Waals surface area (Å²) in [5.41, 5.74) is 3.80. The zero-order valence-electron chi connectivity index (χ0n) is 20.6. The van der Waals surface area contributed by atoms with Crippen LogP contribution in [0.3, 0.4) is 0 Å². The number of nitrogens with zero attached hydrogens (tertiary/aromatic N) is 3. The van der Waals surface area contributed by atoms with Gasteiger partial charge in [0.2, 0.25) is 5.88 Å². The predicted molar refractivity (Wildman–Crippen MR) is 139 cm³/mol. The van der Waals surface area contributed by atoms with Crippen LogP contribution in [0.1, 0.15) is 30.6 Å². The Morgan fingerprint density at radius 1 is 0.943 bits per heavy atom. The quantitative estimate of drug-likeness (QED) is 0.298. The maximum Gasteiger partial charge on any atom is 0.222 e. The van der Waals surface area contributed by atoms with Crippen molar-refractivity contribution in [3.63, 3.8) is 0 Å². The zero-order valence-corrected chi connectivity index (χ0v) is 20.6. The minimum atomic E-state index is -0.581. The molecular weight excluding hydrogens is 438 g/mol. The van der Waals surface area contributed by atoms with Crippen LogP contribution < -0.4 is 9.47 Å². The average molecular weight is 472 g/mol. The summed E-state index contributed by atoms with van der Waals surface area (Å²) in [7, 11) is 3.54. The Morgan fingerprint density at radius 3 is 2.31 bits per heavy atom. The summed E-state index contributed by atoms with van der Waals surface area (Å²) < 4.78 is 13.5. The standard InChI is InChI=1S/C29H33N3O3/c1-4-18-32(21-27(33)22-12-7-5-8-13-22)20-26-28(23-14-9-6-10-15-23)30-31(2)29(26)35-25-17-11-16-24(19-25)34-3/h5-17,19,27,33H,4,18,20-21H2,1-3H3. The van der Waals surface area contributed by atoms with E-state index in [9.17, 15) is 5.11 Å². The van der Waals surface area contributed by atoms with Crippen molar-refractivity contribution in [3.05, 3.63) is 96.1 Å². The number of benzene rings is 3. The molecule has 1 aromatic heterocycles. The van der Waals surface area contributed by atoms with Crippen molar-refractivity contribution in [2.24, 2.45) is 7.05 Å². The lowest BCUT2D eigenvalue weighted by Gasteiger charge is -2.25. The van der Waals surface area contributed by atoms with E-state index in [0.717, 1.165) is 41.1 Å². The molecule has 0 amide bonds. The Hall–Kier alpha value is -3.61. The second kappa shape index (κ2) is 11.7. The van der Waals surface area contributed by atoms with E-state index in [0.29, 0.717) is 24.7 Å². The van der Waals surface area contributed by atoms with Crippen LogP contribution in [-0.4, -0.2) is 40.0 Å². The van der Waals surface area contributed by atoms with Gasteiger partial charge in [-0.05, 0) is 30.7 Å². The number of methoxy groups -OCH3 is 1. The molecule has 0 saturated carbocycles. The van der Waals surface area contributed by atoms with Crippen molar-refractivity contribution < 1.29 is 14.6 Å². The van der Waals surface area contributed by atoms with Crippen LogP contribution >= 0.6 is 0 Å². The molecule has 0 fully saturated rings. The van der Waals surface area contributed by atoms with Crippen molar-refractivity contribution >= 4 is 0 Å². The molecule has 0 aliphatic rings. The van der Waals surface area contributed by atoms with E-state index < -0.39 is 6.10 Å². The highest BCUT2D eigenvalue weighted by Crippen LogP contribution is 2.35. The second-order valence-electron chi connectivity index (χ2n) is 8.56. The number of hydrogen-bond acceptors (Lipinski definition) is 5. The maximum absolute atomic E-state index is 10.9. The summed E-state index contributed by atoms with van der Waals surface area (Å²) in [5.74, 6) is 2.08. The number of aliphatic hydroxyl groups is 1. The lowest BCUT2D eigenvalue weighted by Crippen LogP contribution is -2.29. The molecule has 0 bridgehead atoms. The van der Waals surface area contributed by atoms with E-state index >= 15 is 0 Å². The molecule has 0 saturated heterocycles. The smallest absolute Gasteiger partial charge is 0.222 e. The molecule has 4 rings (SSSR count). The number of hydrogen-bond donors (Lipinski definition) is 1. The van der Waals surface area contributed by atoms with Crippen LogP contribution in [0, 0.1) is 0 Å². The molecule has 3 aromatic carbocycles. The van der Waals surface area contributed by atoms with Crippen LogP contribution in [0.4, 0.5) is 0 Å². The summed E-state index contributed by atoms with van der Waals surface area (Å²) in [4.78, 5) is 2.26. The van der Waals surface area contributed by atoms with Crippen LogP contribution in [-0.2, 0) is 13.6 Å². The van der Waals surface area contributed by atoms with Gasteiger partial charge < -0.3 is 14.6 Å². The van der Waals surface area contributed by atoms with Gasteiger partial charge in [0.1, 0.15) is 17.2 Å². The summed E-state index contributed by atoms with van der Waals surface area (Å²) in [6.07, 6.45) is 0.386. The first-order chi connectivity index (χ1) is 17.1. The Morgan fingerprint density at radius 2 is 1.63 bits per heavy atom. The molecule has 0 aliphatic heterocycles. The monoisotopic (exact) mass is 471 g/mol. The maximum atomic E-state index is 10.9. The lowest BCUT2D eigenvalue weighted by molar-refractivity contribution is 0.108. The number of rotatable bonds is 11. The number of ether oxygens (including phenoxy) is 2. The summed E-state index contributed by atoms with van der Waals surface area (Å²) >= 11 is 0. The number of aliphatic hydroxyl groups excluding tert-OH is 1. The van der Waals surface area contributed by atoms with Crippen molar-refractivity contribution in [2.75, 3.05) is 20.2 Å². The second-order valence-corrected chi connectivity index (χ2v) is 8.56. The van der Waals surface area contributed by atoms with Crippen molar-refractivity contribution in [2.45, 2.75) is 26.0 Å². The van der Waals surface area contributed by atoms with Crippen molar-refractivity contribution in [1.82, 2.24) is 14.7 Å². The third-order valence-electron chi connectivity index (χ3n) is 5.93. The molecule has 6 nitrogen and oxygen atoms in total. The fourth-order valence-corrected chi connectivity index (χ4v) is 4.23. The summed E-state index contributed by atoms with van der Waals surface area (Å²) in [5, 5.41) is 15.8. The molecule has 1 unspecified atom stereocenters. The van der Waals surface area contributed by atoms with Gasteiger partial charge in [-0.2, -0.15) is 5.10 Å². The molecule has 1 heterocycles. The van der Waals surface area contributed by atoms with Gasteiger partial charge in [0.25, 0.3) is 0 Å². The van der Waals surface area contributed by atoms with Gasteiger partial charge in [0.15, 0.2) is 0 Å². The minimum Gasteiger partial charge on any atom is -0.497 e. The molecule has 0 spiro atoms. The molecular formula is C29H33N3O3. The topological polar surface area (TPSA) is 59.8 Å². The predicted octanol–water partition coefficient (Wildman–Crippen LogP) is 5.83. The number of aryl methyl sites for hydroxylation is 1. The van der Waals surface area contributed by atoms with E-state index in [1.54, 1.807) is 11.8 Å². The van der Waals surface area contributed by atoms with E-state index in [1.807, 2.05) is 79.8 Å². The third kappa shape index (κ3) is 6.10. The SMILES string of the molecule is CCCN(Cc1c(-c2ccccc2)nn(C)c1Oc1cccc(OC)c1)CC(O)c1ccccc1. The van der Waals surface area contributed by atoms with Crippen LogP contribution in [0.5, 0.6) is 17.4 Å². The van der Waals surface area contributed by atoms with Gasteiger partial charge in [0, 0.05) is 31.8 Å². The molecule has 0 radical (unpaired) electrons. The van der Waals surface area contributed by atoms with Crippen LogP contribution in [0.15, 0.2) is 84.9 Å². The van der Waals surface area contributed by atoms with Gasteiger partial charge in [-0.25, -0.2) is 4.68 Å². The molecule has 35 heavy (non-hydrogen) atoms. The molecule has 1 atom stereocenters. The van der Waals surface area contributed by atoms with E-state index in [-0.39, 0.29) is 0 Å². The Labute approximate surface area is 207 Å². The average Bonchev–Trinajstić information content (AvgIpc) is 3.20. The first-order valence-corrected chi connectivity index (χ1v) is 12.0. The van der Waals surface area contributed by atoms with Crippen LogP contribution in [0.2, 0.25) is 0 Å². The molecule has 4 aromatic rings. The third-order valence-corrected chi connectivity index (χ3v) is 5.93. The van der Waals surface area contributed by atoms with Gasteiger partial charge in [0.05, 0.1) is 18.8 Å². The molecule has 1 N–H and O–H groups in total. The van der Waals surface area contributed by atoms with Crippen LogP contribution in [0.25, 0.3) is 11.3 Å². The summed E-state index contributed by atoms with van der Waals surface area (Å²) in [6.45, 7) is 4.09. The Kier molecular flexibility index (Phi) is 8.19. The van der Waals surface area contributed by atoms with Gasteiger partial charge >= 0.3 is 0 Å². The number of aromatic nitrogens is 2. The Bertz CT molecular complexity index is 1210. The first-order valence-electron chi connectivity index (χ1n) is 12.0. The van der Waals surface area contributed by atoms with E-state index in [1.165, 1.54) is 0 Å². The fourth-order valence-electron chi connectivity index (χ4n) is 4.23. The molecule has 0 aliphatic carbocycles. The molecule has 182 valence electrons. The fraction of sp³-hybridized carbons (Fsp3) is 0.276. The van der Waals surface area contributed by atoms with E-state index in [4.69, 9.17) is 14.6 Å². The highest BCUT2D eigenvalue weighted by molar-refractivity contribution is 5.65. The van der Waals surface area contributed by atoms with E-state index in [2.05, 4.69) is 24.0 Å². The largest absolute Gasteiger partial charge is 0.497 e. The van der Waals surface area contributed by atoms with Gasteiger partial charge in [-0.15, -0.1) is 0 Å². The first kappa shape index (κ1) is 24.5. The highest BCUT2D eigenvalue weighted by atomic mass is 16.5. The summed E-state index contributed by atoms with van der Waals surface area (Å²) in [6, 6.07) is 27.5. The minimum absolute atomic E-state index is 0.513. The zero-order chi connectivity index (χ0) is 24.6. The van der Waals surface area contributed by atoms with Gasteiger partial charge in [-0.3, -0.25) is 4.90 Å². The molecule has 6 heteroatoms. The highest BCUT2D eigenvalue weighted by Gasteiger charge is 2.23. The lowest BCUT2D eigenvalue weighted by atomic mass is 10.1. The van der Waals surface area contributed by atoms with Crippen molar-refractivity contribution in [1.29, 1.82) is 0 Å². The van der Waals surface area contributed by atoms with Crippen molar-refractivity contribution in [3.8, 4) is 28.6 Å². The normalized spacial score (nSPS) is 12.0. The Balaban J connectivity index is 1.69. The van der Waals surface area contributed by atoms with Gasteiger partial charge in [-0.1, -0.05) is 73.7 Å².